The molecule has 6 heteroatoms. The summed E-state index contributed by atoms with van der Waals surface area (Å²) in [5.41, 5.74) is 2.85. The molecule has 174 valence electrons. The molecule has 2 saturated carbocycles. The predicted molar refractivity (Wildman–Crippen MR) is 123 cm³/mol. The topological polar surface area (TPSA) is 73.2 Å². The zero-order valence-corrected chi connectivity index (χ0v) is 19.2. The van der Waals surface area contributed by atoms with Crippen molar-refractivity contribution in [2.24, 2.45) is 5.92 Å². The molecule has 1 amide bonds. The van der Waals surface area contributed by atoms with Crippen LogP contribution < -0.4 is 4.74 Å². The van der Waals surface area contributed by atoms with Crippen molar-refractivity contribution in [3.8, 4) is 11.5 Å². The van der Waals surface area contributed by atoms with Gasteiger partial charge in [-0.05, 0) is 62.7 Å². The van der Waals surface area contributed by atoms with Crippen LogP contribution in [-0.2, 0) is 10.2 Å². The molecule has 3 aliphatic carbocycles. The van der Waals surface area contributed by atoms with Crippen LogP contribution in [0.2, 0.25) is 0 Å². The van der Waals surface area contributed by atoms with Gasteiger partial charge < -0.3 is 19.8 Å². The Hall–Kier alpha value is -2.31. The molecule has 0 bridgehead atoms. The average molecular weight is 449 g/mol. The van der Waals surface area contributed by atoms with Crippen LogP contribution in [-0.4, -0.2) is 69.3 Å². The molecule has 1 aromatic carbocycles. The first-order valence-corrected chi connectivity index (χ1v) is 12.5. The van der Waals surface area contributed by atoms with Crippen molar-refractivity contribution in [3.05, 3.63) is 47.1 Å². The van der Waals surface area contributed by atoms with Crippen molar-refractivity contribution >= 4 is 5.91 Å². The lowest BCUT2D eigenvalue weighted by Crippen LogP contribution is -2.92. The number of hydrogen-bond acceptors (Lipinski definition) is 5. The number of rotatable bonds is 3. The monoisotopic (exact) mass is 448 g/mol. The minimum absolute atomic E-state index is 0.0795. The fraction of sp³-hybridized carbons (Fsp3) is 0.593. The molecule has 3 aliphatic heterocycles. The zero-order chi connectivity index (χ0) is 22.7. The molecule has 1 unspecified atom stereocenters. The second kappa shape index (κ2) is 6.42. The van der Waals surface area contributed by atoms with Crippen LogP contribution in [0.25, 0.3) is 0 Å². The van der Waals surface area contributed by atoms with E-state index in [1.54, 1.807) is 6.07 Å². The van der Waals surface area contributed by atoms with Crippen LogP contribution in [0, 0.1) is 12.8 Å². The van der Waals surface area contributed by atoms with Crippen LogP contribution in [0.5, 0.6) is 11.5 Å². The van der Waals surface area contributed by atoms with Gasteiger partial charge in [0.25, 0.3) is 0 Å². The van der Waals surface area contributed by atoms with Crippen LogP contribution in [0.4, 0.5) is 0 Å². The first kappa shape index (κ1) is 20.1. The standard InChI is InChI=1S/C27H32N2O4/c1-3-12-28-14-18-23(28)26(32)11-10-19(29-13-16-6-4-5-7-17(16)25(29)31)24-27(18,26)21-15(2)8-9-20(30)22(21)33-24/h3,8-9,18-19,23-24,30,32H,1,4-7,10-14H2,2H3/t18?,19-,23-,24+,26-,27+/m1/s1. The molecule has 0 radical (unpaired) electrons. The Kier molecular flexibility index (Phi) is 3.91. The van der Waals surface area contributed by atoms with Gasteiger partial charge in [0.15, 0.2) is 11.5 Å². The number of carbonyl (C=O) groups excluding carboxylic acids is 1. The number of aryl methyl sites for hydroxylation is 1. The summed E-state index contributed by atoms with van der Waals surface area (Å²) in [7, 11) is 0. The predicted octanol–water partition coefficient (Wildman–Crippen LogP) is 2.81. The van der Waals surface area contributed by atoms with Crippen molar-refractivity contribution in [1.82, 2.24) is 9.80 Å². The summed E-state index contributed by atoms with van der Waals surface area (Å²) in [4.78, 5) is 17.9. The number of phenols is 1. The number of phenolic OH excluding ortho intramolecular Hbond substituents is 1. The highest BCUT2D eigenvalue weighted by Crippen LogP contribution is 2.73. The van der Waals surface area contributed by atoms with E-state index in [9.17, 15) is 15.0 Å². The molecule has 6 nitrogen and oxygen atoms in total. The van der Waals surface area contributed by atoms with Gasteiger partial charge in [0.1, 0.15) is 6.10 Å². The van der Waals surface area contributed by atoms with E-state index in [2.05, 4.69) is 18.4 Å². The molecule has 6 aliphatic rings. The van der Waals surface area contributed by atoms with Gasteiger partial charge in [0.05, 0.1) is 17.1 Å². The van der Waals surface area contributed by atoms with Gasteiger partial charge in [-0.1, -0.05) is 12.1 Å². The highest BCUT2D eigenvalue weighted by Gasteiger charge is 2.85. The maximum Gasteiger partial charge on any atom is 0.250 e. The number of aromatic hydroxyl groups is 1. The molecule has 1 saturated heterocycles. The molecule has 7 rings (SSSR count). The molecule has 3 fully saturated rings. The lowest BCUT2D eigenvalue weighted by atomic mass is 9.35. The Morgan fingerprint density at radius 3 is 2.91 bits per heavy atom. The van der Waals surface area contributed by atoms with Crippen molar-refractivity contribution < 1.29 is 19.7 Å². The number of hydrogen-bond donors (Lipinski definition) is 2. The SMILES string of the molecule is C=CCN1CC2[C@@H]1[C@]1(O)CC[C@@H](N3CC4=C(CCCC4)C3=O)[C@@H]3Oc4c(O)ccc(C)c4[C@@]231. The lowest BCUT2D eigenvalue weighted by molar-refractivity contribution is -0.319. The van der Waals surface area contributed by atoms with E-state index in [0.29, 0.717) is 25.1 Å². The quantitative estimate of drug-likeness (QED) is 0.696. The normalized spacial score (nSPS) is 40.7. The van der Waals surface area contributed by atoms with Gasteiger partial charge >= 0.3 is 0 Å². The smallest absolute Gasteiger partial charge is 0.250 e. The average Bonchev–Trinajstić information content (AvgIpc) is 3.32. The number of nitrogens with zero attached hydrogens (tertiary/aromatic N) is 2. The number of carbonyl (C=O) groups is 1. The second-order valence-electron chi connectivity index (χ2n) is 11.1. The largest absolute Gasteiger partial charge is 0.504 e. The summed E-state index contributed by atoms with van der Waals surface area (Å²) in [6, 6.07) is 3.62. The van der Waals surface area contributed by atoms with E-state index in [1.165, 1.54) is 5.57 Å². The Morgan fingerprint density at radius 1 is 1.30 bits per heavy atom. The Bertz CT molecular complexity index is 1130. The van der Waals surface area contributed by atoms with Gasteiger partial charge in [-0.3, -0.25) is 9.69 Å². The first-order chi connectivity index (χ1) is 15.9. The van der Waals surface area contributed by atoms with Crippen LogP contribution in [0.3, 0.4) is 0 Å². The van der Waals surface area contributed by atoms with Gasteiger partial charge in [0, 0.05) is 42.7 Å². The maximum atomic E-state index is 13.5. The highest BCUT2D eigenvalue weighted by atomic mass is 16.5. The maximum absolute atomic E-state index is 13.5. The summed E-state index contributed by atoms with van der Waals surface area (Å²) in [6.45, 7) is 8.29. The number of piperidine rings is 1. The molecular formula is C27H32N2O4. The van der Waals surface area contributed by atoms with Crippen LogP contribution in [0.15, 0.2) is 35.9 Å². The summed E-state index contributed by atoms with van der Waals surface area (Å²) < 4.78 is 6.63. The lowest BCUT2D eigenvalue weighted by Gasteiger charge is -2.77. The molecular weight excluding hydrogens is 416 g/mol. The van der Waals surface area contributed by atoms with Crippen LogP contribution >= 0.6 is 0 Å². The van der Waals surface area contributed by atoms with Crippen molar-refractivity contribution in [2.45, 2.75) is 74.7 Å². The molecule has 0 aromatic heterocycles. The minimum atomic E-state index is -0.931. The second-order valence-corrected chi connectivity index (χ2v) is 11.1. The summed E-state index contributed by atoms with van der Waals surface area (Å²) in [6.07, 6.45) is 7.08. The van der Waals surface area contributed by atoms with E-state index in [-0.39, 0.29) is 35.8 Å². The highest BCUT2D eigenvalue weighted by molar-refractivity contribution is 5.97. The Balaban J connectivity index is 1.33. The third-order valence-corrected chi connectivity index (χ3v) is 9.85. The fourth-order valence-electron chi connectivity index (χ4n) is 8.65. The number of aliphatic hydroxyl groups is 1. The molecule has 3 heterocycles. The van der Waals surface area contributed by atoms with Gasteiger partial charge in [0.2, 0.25) is 5.91 Å². The zero-order valence-electron chi connectivity index (χ0n) is 19.2. The summed E-state index contributed by atoms with van der Waals surface area (Å²) in [5.74, 6) is 1.08. The number of benzene rings is 1. The van der Waals surface area contributed by atoms with Crippen molar-refractivity contribution in [2.75, 3.05) is 19.6 Å². The third-order valence-electron chi connectivity index (χ3n) is 9.85. The molecule has 1 aromatic rings. The van der Waals surface area contributed by atoms with Gasteiger partial charge in [-0.25, -0.2) is 0 Å². The van der Waals surface area contributed by atoms with E-state index in [0.717, 1.165) is 55.5 Å². The number of likely N-dealkylation sites (tertiary alicyclic amines) is 1. The summed E-state index contributed by atoms with van der Waals surface area (Å²) >= 11 is 0. The van der Waals surface area contributed by atoms with Crippen LogP contribution in [0.1, 0.15) is 49.7 Å². The van der Waals surface area contributed by atoms with E-state index < -0.39 is 11.0 Å². The molecule has 6 atom stereocenters. The molecule has 1 spiro atoms. The Labute approximate surface area is 194 Å². The molecule has 33 heavy (non-hydrogen) atoms. The number of amides is 1. The van der Waals surface area contributed by atoms with E-state index in [4.69, 9.17) is 4.74 Å². The Morgan fingerprint density at radius 2 is 2.12 bits per heavy atom. The van der Waals surface area contributed by atoms with Gasteiger partial charge in [-0.15, -0.1) is 6.58 Å². The number of ether oxygens (including phenoxy) is 1. The third kappa shape index (κ3) is 2.12. The van der Waals surface area contributed by atoms with Gasteiger partial charge in [-0.2, -0.15) is 0 Å². The minimum Gasteiger partial charge on any atom is -0.504 e. The summed E-state index contributed by atoms with van der Waals surface area (Å²) in [5, 5.41) is 23.1. The van der Waals surface area contributed by atoms with Crippen molar-refractivity contribution in [1.29, 1.82) is 0 Å². The van der Waals surface area contributed by atoms with E-state index >= 15 is 0 Å². The molecule has 2 N–H and O–H groups in total. The van der Waals surface area contributed by atoms with Crippen molar-refractivity contribution in [3.63, 3.8) is 0 Å². The first-order valence-electron chi connectivity index (χ1n) is 12.5. The van der Waals surface area contributed by atoms with E-state index in [1.807, 2.05) is 17.0 Å². The fourth-order valence-corrected chi connectivity index (χ4v) is 8.65. The number of fused-ring (bicyclic) bond motifs is 3.